The van der Waals surface area contributed by atoms with E-state index in [0.29, 0.717) is 5.56 Å². The summed E-state index contributed by atoms with van der Waals surface area (Å²) < 4.78 is 4.21. The molecular weight excluding hydrogens is 278 g/mol. The van der Waals surface area contributed by atoms with Crippen LogP contribution in [0.5, 0.6) is 0 Å². The Morgan fingerprint density at radius 2 is 2.21 bits per heavy atom. The highest BCUT2D eigenvalue weighted by Crippen LogP contribution is 2.29. The molecule has 0 bridgehead atoms. The summed E-state index contributed by atoms with van der Waals surface area (Å²) in [6.07, 6.45) is 5.43. The van der Waals surface area contributed by atoms with Crippen LogP contribution in [-0.4, -0.2) is 34.9 Å². The molecule has 1 aliphatic carbocycles. The van der Waals surface area contributed by atoms with Crippen molar-refractivity contribution in [3.8, 4) is 0 Å². The number of thioether (sulfide) groups is 1. The fraction of sp³-hybridized carbons (Fsp3) is 0.692. The van der Waals surface area contributed by atoms with Gasteiger partial charge in [-0.25, -0.2) is 0 Å². The predicted molar refractivity (Wildman–Crippen MR) is 83.4 cm³/mol. The highest BCUT2D eigenvalue weighted by atomic mass is 32.2. The lowest BCUT2D eigenvalue weighted by molar-refractivity contribution is 0.0956. The first-order valence-corrected chi connectivity index (χ1v) is 8.58. The van der Waals surface area contributed by atoms with E-state index in [1.165, 1.54) is 37.2 Å². The van der Waals surface area contributed by atoms with Crippen molar-refractivity contribution in [1.29, 1.82) is 0 Å². The van der Waals surface area contributed by atoms with E-state index in [1.54, 1.807) is 0 Å². The molecule has 0 spiro atoms. The molecule has 2 rings (SSSR count). The molecule has 1 saturated carbocycles. The number of nitrogens with zero attached hydrogens (tertiary/aromatic N) is 1. The average Bonchev–Trinajstić information content (AvgIpc) is 3.03. The summed E-state index contributed by atoms with van der Waals surface area (Å²) in [4.78, 5) is 12.1. The fourth-order valence-electron chi connectivity index (χ4n) is 2.34. The second-order valence-corrected chi connectivity index (χ2v) is 6.94. The molecule has 0 radical (unpaired) electrons. The monoisotopic (exact) mass is 299 g/mol. The van der Waals surface area contributed by atoms with Crippen LogP contribution in [-0.2, 0) is 0 Å². The zero-order chi connectivity index (χ0) is 13.7. The van der Waals surface area contributed by atoms with Crippen molar-refractivity contribution in [3.63, 3.8) is 0 Å². The molecule has 0 saturated heterocycles. The molecule has 1 fully saturated rings. The standard InChI is InChI=1S/C13H21N3OS2/c1-9-11(13(14-2)19-16-9)12(17)15-7-8-18-10-5-3-4-6-10/h10,14H,3-8H2,1-2H3,(H,15,17). The van der Waals surface area contributed by atoms with Crippen molar-refractivity contribution in [2.75, 3.05) is 24.7 Å². The first-order chi connectivity index (χ1) is 9.22. The number of amides is 1. The number of carbonyl (C=O) groups excluding carboxylic acids is 1. The Kier molecular flexibility index (Phi) is 5.51. The van der Waals surface area contributed by atoms with Crippen LogP contribution in [0.25, 0.3) is 0 Å². The van der Waals surface area contributed by atoms with E-state index in [4.69, 9.17) is 0 Å². The van der Waals surface area contributed by atoms with Gasteiger partial charge in [0.05, 0.1) is 11.3 Å². The number of aromatic nitrogens is 1. The lowest BCUT2D eigenvalue weighted by Gasteiger charge is -2.09. The third kappa shape index (κ3) is 3.86. The lowest BCUT2D eigenvalue weighted by Crippen LogP contribution is -2.27. The smallest absolute Gasteiger partial charge is 0.256 e. The van der Waals surface area contributed by atoms with E-state index in [1.807, 2.05) is 25.7 Å². The van der Waals surface area contributed by atoms with E-state index < -0.39 is 0 Å². The van der Waals surface area contributed by atoms with Gasteiger partial charge in [-0.15, -0.1) is 0 Å². The van der Waals surface area contributed by atoms with Crippen LogP contribution >= 0.6 is 23.3 Å². The normalized spacial score (nSPS) is 15.7. The lowest BCUT2D eigenvalue weighted by atomic mass is 10.2. The molecule has 106 valence electrons. The van der Waals surface area contributed by atoms with Gasteiger partial charge in [0.2, 0.25) is 0 Å². The zero-order valence-corrected chi connectivity index (χ0v) is 13.1. The largest absolute Gasteiger partial charge is 0.378 e. The minimum absolute atomic E-state index is 0.0115. The minimum atomic E-state index is -0.0115. The number of anilines is 1. The van der Waals surface area contributed by atoms with Gasteiger partial charge in [-0.3, -0.25) is 4.79 Å². The summed E-state index contributed by atoms with van der Waals surface area (Å²) in [5, 5.41) is 7.67. The number of nitrogens with one attached hydrogen (secondary N) is 2. The van der Waals surface area contributed by atoms with Crippen molar-refractivity contribution in [1.82, 2.24) is 9.69 Å². The second kappa shape index (κ2) is 7.14. The van der Waals surface area contributed by atoms with E-state index in [9.17, 15) is 4.79 Å². The Balaban J connectivity index is 1.75. The number of rotatable bonds is 6. The van der Waals surface area contributed by atoms with Crippen LogP contribution in [0, 0.1) is 6.92 Å². The van der Waals surface area contributed by atoms with Crippen molar-refractivity contribution < 1.29 is 4.79 Å². The van der Waals surface area contributed by atoms with Gasteiger partial charge in [0.25, 0.3) is 5.91 Å². The molecule has 6 heteroatoms. The fourth-order valence-corrected chi connectivity index (χ4v) is 4.30. The highest BCUT2D eigenvalue weighted by Gasteiger charge is 2.18. The second-order valence-electron chi connectivity index (χ2n) is 4.76. The van der Waals surface area contributed by atoms with E-state index in [-0.39, 0.29) is 5.91 Å². The summed E-state index contributed by atoms with van der Waals surface area (Å²) in [7, 11) is 1.82. The van der Waals surface area contributed by atoms with Crippen molar-refractivity contribution >= 4 is 34.2 Å². The van der Waals surface area contributed by atoms with Crippen molar-refractivity contribution in [2.24, 2.45) is 0 Å². The summed E-state index contributed by atoms with van der Waals surface area (Å²) >= 11 is 3.33. The summed E-state index contributed by atoms with van der Waals surface area (Å²) in [5.41, 5.74) is 1.49. The van der Waals surface area contributed by atoms with Crippen molar-refractivity contribution in [2.45, 2.75) is 37.9 Å². The molecule has 2 N–H and O–H groups in total. The zero-order valence-electron chi connectivity index (χ0n) is 11.5. The first kappa shape index (κ1) is 14.7. The van der Waals surface area contributed by atoms with Gasteiger partial charge in [0.1, 0.15) is 5.00 Å². The summed E-state index contributed by atoms with van der Waals surface area (Å²) in [5.74, 6) is 0.990. The first-order valence-electron chi connectivity index (χ1n) is 6.76. The molecule has 1 heterocycles. The highest BCUT2D eigenvalue weighted by molar-refractivity contribution is 7.99. The molecular formula is C13H21N3OS2. The molecule has 1 aromatic heterocycles. The van der Waals surface area contributed by atoms with Crippen LogP contribution in [0.2, 0.25) is 0 Å². The summed E-state index contributed by atoms with van der Waals surface area (Å²) in [6, 6.07) is 0. The maximum atomic E-state index is 12.1. The van der Waals surface area contributed by atoms with Crippen LogP contribution in [0.4, 0.5) is 5.00 Å². The number of hydrogen-bond donors (Lipinski definition) is 2. The van der Waals surface area contributed by atoms with Crippen LogP contribution in [0.15, 0.2) is 0 Å². The molecule has 0 unspecified atom stereocenters. The Morgan fingerprint density at radius 1 is 1.47 bits per heavy atom. The molecule has 19 heavy (non-hydrogen) atoms. The molecule has 4 nitrogen and oxygen atoms in total. The van der Waals surface area contributed by atoms with Crippen molar-refractivity contribution in [3.05, 3.63) is 11.3 Å². The molecule has 0 aliphatic heterocycles. The Morgan fingerprint density at radius 3 is 2.89 bits per heavy atom. The number of hydrogen-bond acceptors (Lipinski definition) is 5. The SMILES string of the molecule is CNc1snc(C)c1C(=O)NCCSC1CCCC1. The molecule has 1 aliphatic rings. The molecule has 0 aromatic carbocycles. The molecule has 1 amide bonds. The van der Waals surface area contributed by atoms with Crippen LogP contribution in [0.1, 0.15) is 41.7 Å². The van der Waals surface area contributed by atoms with Gasteiger partial charge < -0.3 is 10.6 Å². The quantitative estimate of drug-likeness (QED) is 0.793. The topological polar surface area (TPSA) is 54.0 Å². The summed E-state index contributed by atoms with van der Waals surface area (Å²) in [6.45, 7) is 2.61. The van der Waals surface area contributed by atoms with Gasteiger partial charge in [0.15, 0.2) is 0 Å². The van der Waals surface area contributed by atoms with Gasteiger partial charge in [-0.2, -0.15) is 16.1 Å². The Bertz CT molecular complexity index is 428. The van der Waals surface area contributed by atoms with E-state index >= 15 is 0 Å². The predicted octanol–water partition coefficient (Wildman–Crippen LogP) is 2.90. The number of aryl methyl sites for hydroxylation is 1. The van der Waals surface area contributed by atoms with Crippen LogP contribution in [0.3, 0.4) is 0 Å². The maximum absolute atomic E-state index is 12.1. The number of carbonyl (C=O) groups is 1. The third-order valence-electron chi connectivity index (χ3n) is 3.36. The third-order valence-corrected chi connectivity index (χ3v) is 5.70. The molecule has 0 atom stereocenters. The van der Waals surface area contributed by atoms with Crippen LogP contribution < -0.4 is 10.6 Å². The van der Waals surface area contributed by atoms with E-state index in [2.05, 4.69) is 15.0 Å². The molecule has 1 aromatic rings. The van der Waals surface area contributed by atoms with E-state index in [0.717, 1.165) is 28.2 Å². The maximum Gasteiger partial charge on any atom is 0.256 e. The Hall–Kier alpha value is -0.750. The van der Waals surface area contributed by atoms with Gasteiger partial charge in [-0.05, 0) is 31.3 Å². The van der Waals surface area contributed by atoms with Gasteiger partial charge in [0, 0.05) is 24.6 Å². The Labute approximate surface area is 122 Å². The van der Waals surface area contributed by atoms with Gasteiger partial charge >= 0.3 is 0 Å². The van der Waals surface area contributed by atoms with Gasteiger partial charge in [-0.1, -0.05) is 12.8 Å². The minimum Gasteiger partial charge on any atom is -0.378 e. The average molecular weight is 299 g/mol.